The van der Waals surface area contributed by atoms with Gasteiger partial charge in [-0.05, 0) is 19.1 Å². The van der Waals surface area contributed by atoms with Crippen molar-refractivity contribution in [2.24, 2.45) is 0 Å². The minimum absolute atomic E-state index is 0.280. The van der Waals surface area contributed by atoms with Crippen LogP contribution in [0.1, 0.15) is 19.4 Å². The van der Waals surface area contributed by atoms with Gasteiger partial charge in [0.15, 0.2) is 5.60 Å². The van der Waals surface area contributed by atoms with Gasteiger partial charge in [-0.25, -0.2) is 4.57 Å². The van der Waals surface area contributed by atoms with Crippen molar-refractivity contribution in [1.82, 2.24) is 4.57 Å². The molecule has 1 aliphatic rings. The van der Waals surface area contributed by atoms with Crippen LogP contribution in [0.4, 0.5) is 0 Å². The van der Waals surface area contributed by atoms with Gasteiger partial charge in [0.1, 0.15) is 0 Å². The first kappa shape index (κ1) is 16.9. The lowest BCUT2D eigenvalue weighted by Gasteiger charge is -2.24. The molecule has 2 heterocycles. The molecular weight excluding hydrogens is 350 g/mol. The average molecular weight is 364 g/mol. The maximum atomic E-state index is 12.9. The molecule has 1 atom stereocenters. The molecular formula is C17H14ClNO6. The van der Waals surface area contributed by atoms with Crippen LogP contribution in [0, 0.1) is 0 Å². The second kappa shape index (κ2) is 5.86. The zero-order chi connectivity index (χ0) is 18.4. The molecule has 0 saturated carbocycles. The van der Waals surface area contributed by atoms with Crippen LogP contribution in [-0.2, 0) is 24.7 Å². The Morgan fingerprint density at radius 1 is 1.16 bits per heavy atom. The first-order chi connectivity index (χ1) is 11.7. The Kier molecular flexibility index (Phi) is 3.96. The summed E-state index contributed by atoms with van der Waals surface area (Å²) < 4.78 is 11.6. The minimum atomic E-state index is -1.52. The number of benzene rings is 1. The zero-order valence-electron chi connectivity index (χ0n) is 13.3. The molecule has 7 nitrogen and oxygen atoms in total. The third-order valence-electron chi connectivity index (χ3n) is 3.82. The van der Waals surface area contributed by atoms with E-state index in [1.54, 1.807) is 24.3 Å². The average Bonchev–Trinajstić information content (AvgIpc) is 3.00. The number of ketones is 1. The molecule has 25 heavy (non-hydrogen) atoms. The Bertz CT molecular complexity index is 879. The second-order valence-corrected chi connectivity index (χ2v) is 6.02. The van der Waals surface area contributed by atoms with Crippen molar-refractivity contribution in [2.45, 2.75) is 19.4 Å². The van der Waals surface area contributed by atoms with Crippen LogP contribution < -0.4 is 0 Å². The third kappa shape index (κ3) is 2.72. The van der Waals surface area contributed by atoms with E-state index >= 15 is 0 Å². The highest BCUT2D eigenvalue weighted by Gasteiger charge is 2.50. The number of Topliss-reactive ketones (excluding diaryl/α,β-unsaturated/α-hetero) is 1. The van der Waals surface area contributed by atoms with E-state index in [-0.39, 0.29) is 17.6 Å². The van der Waals surface area contributed by atoms with Crippen LogP contribution in [0.15, 0.2) is 42.2 Å². The van der Waals surface area contributed by atoms with Crippen LogP contribution >= 0.6 is 11.6 Å². The van der Waals surface area contributed by atoms with Crippen LogP contribution in [-0.4, -0.2) is 26.5 Å². The fraction of sp³-hybridized carbons (Fsp3) is 0.176. The van der Waals surface area contributed by atoms with Crippen LogP contribution in [0.3, 0.4) is 0 Å². The van der Waals surface area contributed by atoms with Gasteiger partial charge in [-0.15, -0.1) is 0 Å². The molecule has 1 unspecified atom stereocenters. The van der Waals surface area contributed by atoms with E-state index in [1.807, 2.05) is 0 Å². The van der Waals surface area contributed by atoms with Crippen molar-refractivity contribution in [2.75, 3.05) is 0 Å². The molecule has 0 saturated heterocycles. The number of rotatable bonds is 3. The van der Waals surface area contributed by atoms with E-state index in [4.69, 9.17) is 21.1 Å². The maximum absolute atomic E-state index is 12.9. The van der Waals surface area contributed by atoms with Crippen molar-refractivity contribution in [3.8, 4) is 11.8 Å². The van der Waals surface area contributed by atoms with Gasteiger partial charge in [-0.1, -0.05) is 23.7 Å². The summed E-state index contributed by atoms with van der Waals surface area (Å²) in [7, 11) is 0. The lowest BCUT2D eigenvalue weighted by molar-refractivity contribution is -0.142. The highest BCUT2D eigenvalue weighted by molar-refractivity contribution is 6.30. The number of hydrogen-bond donors (Lipinski definition) is 2. The molecule has 0 radical (unpaired) electrons. The monoisotopic (exact) mass is 363 g/mol. The first-order valence-corrected chi connectivity index (χ1v) is 7.64. The number of nitrogens with zero attached hydrogens (tertiary/aromatic N) is 1. The minimum Gasteiger partial charge on any atom is -0.494 e. The lowest BCUT2D eigenvalue weighted by atomic mass is 9.92. The van der Waals surface area contributed by atoms with Gasteiger partial charge in [-0.3, -0.25) is 9.59 Å². The fourth-order valence-electron chi connectivity index (χ4n) is 2.56. The summed E-state index contributed by atoms with van der Waals surface area (Å²) in [5.74, 6) is -2.83. The topological polar surface area (TPSA) is 98.0 Å². The molecule has 0 amide bonds. The number of hydrogen-bond acceptors (Lipinski definition) is 6. The first-order valence-electron chi connectivity index (χ1n) is 7.26. The van der Waals surface area contributed by atoms with Crippen molar-refractivity contribution < 1.29 is 29.3 Å². The number of carbonyl (C=O) groups excluding carboxylic acids is 2. The third-order valence-corrected chi connectivity index (χ3v) is 4.07. The maximum Gasteiger partial charge on any atom is 0.308 e. The van der Waals surface area contributed by atoms with Gasteiger partial charge in [0.05, 0.1) is 0 Å². The SMILES string of the molecule is CC(=O)OC1=C(n2c(O)ccc2O)OC(C)(c2ccc(Cl)cc2)C1=O. The van der Waals surface area contributed by atoms with Gasteiger partial charge in [0.2, 0.25) is 17.5 Å². The van der Waals surface area contributed by atoms with Crippen LogP contribution in [0.25, 0.3) is 5.88 Å². The van der Waals surface area contributed by atoms with Gasteiger partial charge in [0.25, 0.3) is 11.7 Å². The Morgan fingerprint density at radius 3 is 2.24 bits per heavy atom. The molecule has 1 aromatic carbocycles. The molecule has 8 heteroatoms. The summed E-state index contributed by atoms with van der Waals surface area (Å²) in [4.78, 5) is 24.3. The van der Waals surface area contributed by atoms with Crippen molar-refractivity contribution in [3.63, 3.8) is 0 Å². The summed E-state index contributed by atoms with van der Waals surface area (Å²) >= 11 is 5.87. The summed E-state index contributed by atoms with van der Waals surface area (Å²) in [5.41, 5.74) is -1.05. The highest BCUT2D eigenvalue weighted by atomic mass is 35.5. The van der Waals surface area contributed by atoms with E-state index in [0.717, 1.165) is 11.5 Å². The van der Waals surface area contributed by atoms with Crippen LogP contribution in [0.5, 0.6) is 11.8 Å². The predicted octanol–water partition coefficient (Wildman–Crippen LogP) is 2.76. The second-order valence-electron chi connectivity index (χ2n) is 5.58. The fourth-order valence-corrected chi connectivity index (χ4v) is 2.69. The Morgan fingerprint density at radius 2 is 1.72 bits per heavy atom. The highest BCUT2D eigenvalue weighted by Crippen LogP contribution is 2.44. The zero-order valence-corrected chi connectivity index (χ0v) is 14.1. The molecule has 130 valence electrons. The van der Waals surface area contributed by atoms with E-state index in [0.29, 0.717) is 10.6 Å². The summed E-state index contributed by atoms with van der Waals surface area (Å²) in [6.45, 7) is 2.62. The van der Waals surface area contributed by atoms with Crippen LogP contribution in [0.2, 0.25) is 5.02 Å². The Balaban J connectivity index is 2.14. The quantitative estimate of drug-likeness (QED) is 0.814. The number of aromatic nitrogens is 1. The van der Waals surface area contributed by atoms with Crippen molar-refractivity contribution in [3.05, 3.63) is 52.7 Å². The van der Waals surface area contributed by atoms with E-state index in [9.17, 15) is 19.8 Å². The molecule has 2 aromatic rings. The molecule has 1 aliphatic heterocycles. The lowest BCUT2D eigenvalue weighted by Crippen LogP contribution is -2.31. The smallest absolute Gasteiger partial charge is 0.308 e. The van der Waals surface area contributed by atoms with Crippen molar-refractivity contribution >= 4 is 29.2 Å². The standard InChI is InChI=1S/C17H14ClNO6/c1-9(20)24-14-15(23)17(2,10-3-5-11(18)6-4-10)25-16(14)19-12(21)7-8-13(19)22/h3-8,21-22H,1-2H3. The molecule has 3 rings (SSSR count). The summed E-state index contributed by atoms with van der Waals surface area (Å²) in [5, 5.41) is 20.3. The predicted molar refractivity (Wildman–Crippen MR) is 87.6 cm³/mol. The number of aromatic hydroxyl groups is 2. The molecule has 1 aromatic heterocycles. The van der Waals surface area contributed by atoms with E-state index in [1.165, 1.54) is 19.1 Å². The molecule has 0 bridgehead atoms. The summed E-state index contributed by atoms with van der Waals surface area (Å²) in [6, 6.07) is 8.80. The Labute approximate surface area is 147 Å². The largest absolute Gasteiger partial charge is 0.494 e. The number of esters is 1. The summed E-state index contributed by atoms with van der Waals surface area (Å²) in [6.07, 6.45) is 0. The van der Waals surface area contributed by atoms with Crippen molar-refractivity contribution in [1.29, 1.82) is 0 Å². The molecule has 0 spiro atoms. The Hall–Kier alpha value is -2.93. The normalized spacial score (nSPS) is 19.9. The molecule has 0 aliphatic carbocycles. The van der Waals surface area contributed by atoms with Gasteiger partial charge < -0.3 is 19.7 Å². The van der Waals surface area contributed by atoms with Gasteiger partial charge in [-0.2, -0.15) is 0 Å². The number of carbonyl (C=O) groups is 2. The molecule has 0 fully saturated rings. The molecule has 2 N–H and O–H groups in total. The van der Waals surface area contributed by atoms with E-state index < -0.39 is 23.1 Å². The number of halogens is 1. The van der Waals surface area contributed by atoms with E-state index in [2.05, 4.69) is 0 Å². The van der Waals surface area contributed by atoms with Gasteiger partial charge >= 0.3 is 5.97 Å². The van der Waals surface area contributed by atoms with Gasteiger partial charge in [0, 0.05) is 29.6 Å². The number of ether oxygens (including phenoxy) is 2.